The SMILES string of the molecule is NCC#Cc1ccc(F)c(OCCN2CCCCC2)c1. The van der Waals surface area contributed by atoms with Crippen molar-refractivity contribution in [2.45, 2.75) is 19.3 Å². The molecule has 0 unspecified atom stereocenters. The van der Waals surface area contributed by atoms with Crippen molar-refractivity contribution in [2.24, 2.45) is 5.73 Å². The van der Waals surface area contributed by atoms with Crippen LogP contribution in [0.4, 0.5) is 4.39 Å². The van der Waals surface area contributed by atoms with Crippen LogP contribution in [0.15, 0.2) is 18.2 Å². The Hall–Kier alpha value is -1.57. The van der Waals surface area contributed by atoms with Crippen LogP contribution >= 0.6 is 0 Å². The number of nitrogens with two attached hydrogens (primary N) is 1. The van der Waals surface area contributed by atoms with E-state index < -0.39 is 0 Å². The van der Waals surface area contributed by atoms with Crippen LogP contribution in [0.5, 0.6) is 5.75 Å². The second-order valence-electron chi connectivity index (χ2n) is 4.90. The summed E-state index contributed by atoms with van der Waals surface area (Å²) in [4.78, 5) is 2.36. The summed E-state index contributed by atoms with van der Waals surface area (Å²) < 4.78 is 19.2. The standard InChI is InChI=1S/C16H21FN2O/c17-15-7-6-14(5-4-8-18)13-16(15)20-12-11-19-9-2-1-3-10-19/h6-7,13H,1-3,8-12,18H2. The van der Waals surface area contributed by atoms with Gasteiger partial charge in [-0.25, -0.2) is 4.39 Å². The van der Waals surface area contributed by atoms with Crippen LogP contribution in [0.25, 0.3) is 0 Å². The van der Waals surface area contributed by atoms with Crippen LogP contribution in [0, 0.1) is 17.7 Å². The van der Waals surface area contributed by atoms with Gasteiger partial charge in [0.1, 0.15) is 6.61 Å². The molecule has 0 aromatic heterocycles. The Labute approximate surface area is 119 Å². The quantitative estimate of drug-likeness (QED) is 0.855. The Morgan fingerprint density at radius 3 is 2.80 bits per heavy atom. The molecule has 2 rings (SSSR count). The van der Waals surface area contributed by atoms with Crippen molar-refractivity contribution >= 4 is 0 Å². The summed E-state index contributed by atoms with van der Waals surface area (Å²) >= 11 is 0. The topological polar surface area (TPSA) is 38.5 Å². The van der Waals surface area contributed by atoms with Crippen molar-refractivity contribution in [3.8, 4) is 17.6 Å². The molecule has 4 heteroatoms. The molecule has 0 saturated carbocycles. The number of hydrogen-bond donors (Lipinski definition) is 1. The fraction of sp³-hybridized carbons (Fsp3) is 0.500. The Morgan fingerprint density at radius 2 is 2.05 bits per heavy atom. The fourth-order valence-electron chi connectivity index (χ4n) is 2.31. The molecule has 0 amide bonds. The van der Waals surface area contributed by atoms with E-state index in [1.165, 1.54) is 25.3 Å². The summed E-state index contributed by atoms with van der Waals surface area (Å²) in [6, 6.07) is 4.65. The van der Waals surface area contributed by atoms with Crippen LogP contribution in [-0.4, -0.2) is 37.7 Å². The van der Waals surface area contributed by atoms with E-state index in [4.69, 9.17) is 10.5 Å². The molecule has 0 atom stereocenters. The first kappa shape index (κ1) is 14.8. The van der Waals surface area contributed by atoms with Gasteiger partial charge >= 0.3 is 0 Å². The van der Waals surface area contributed by atoms with Gasteiger partial charge in [-0.2, -0.15) is 0 Å². The molecule has 1 heterocycles. The Bertz CT molecular complexity index is 487. The van der Waals surface area contributed by atoms with Gasteiger partial charge in [0.2, 0.25) is 0 Å². The predicted molar refractivity (Wildman–Crippen MR) is 78.1 cm³/mol. The normalized spacial score (nSPS) is 15.5. The Kier molecular flexibility index (Phi) is 5.85. The highest BCUT2D eigenvalue weighted by atomic mass is 19.1. The molecule has 1 aliphatic rings. The third-order valence-electron chi connectivity index (χ3n) is 3.38. The summed E-state index contributed by atoms with van der Waals surface area (Å²) in [6.45, 7) is 3.88. The zero-order valence-electron chi connectivity index (χ0n) is 11.7. The lowest BCUT2D eigenvalue weighted by Gasteiger charge is -2.26. The van der Waals surface area contributed by atoms with Gasteiger partial charge in [0, 0.05) is 12.1 Å². The minimum absolute atomic E-state index is 0.269. The highest BCUT2D eigenvalue weighted by Crippen LogP contribution is 2.18. The molecular weight excluding hydrogens is 255 g/mol. The number of likely N-dealkylation sites (tertiary alicyclic amines) is 1. The fourth-order valence-corrected chi connectivity index (χ4v) is 2.31. The first-order chi connectivity index (χ1) is 9.79. The maximum Gasteiger partial charge on any atom is 0.165 e. The molecule has 20 heavy (non-hydrogen) atoms. The van der Waals surface area contributed by atoms with Crippen molar-refractivity contribution < 1.29 is 9.13 Å². The first-order valence-electron chi connectivity index (χ1n) is 7.13. The lowest BCUT2D eigenvalue weighted by atomic mass is 10.1. The average Bonchev–Trinajstić information content (AvgIpc) is 2.49. The van der Waals surface area contributed by atoms with Crippen molar-refractivity contribution in [1.29, 1.82) is 0 Å². The number of ether oxygens (including phenoxy) is 1. The van der Waals surface area contributed by atoms with Crippen molar-refractivity contribution in [2.75, 3.05) is 32.8 Å². The maximum absolute atomic E-state index is 13.6. The Morgan fingerprint density at radius 1 is 1.25 bits per heavy atom. The minimum atomic E-state index is -0.345. The molecule has 108 valence electrons. The Balaban J connectivity index is 1.87. The van der Waals surface area contributed by atoms with E-state index in [0.29, 0.717) is 13.2 Å². The molecule has 1 fully saturated rings. The van der Waals surface area contributed by atoms with E-state index >= 15 is 0 Å². The van der Waals surface area contributed by atoms with Crippen LogP contribution in [0.1, 0.15) is 24.8 Å². The van der Waals surface area contributed by atoms with E-state index in [-0.39, 0.29) is 11.6 Å². The van der Waals surface area contributed by atoms with Crippen LogP contribution in [0.2, 0.25) is 0 Å². The largest absolute Gasteiger partial charge is 0.489 e. The minimum Gasteiger partial charge on any atom is -0.489 e. The van der Waals surface area contributed by atoms with Crippen LogP contribution in [-0.2, 0) is 0 Å². The van der Waals surface area contributed by atoms with Gasteiger partial charge in [-0.05, 0) is 44.1 Å². The molecule has 0 bridgehead atoms. The number of nitrogens with zero attached hydrogens (tertiary/aromatic N) is 1. The summed E-state index contributed by atoms with van der Waals surface area (Å²) in [7, 11) is 0. The van der Waals surface area contributed by atoms with E-state index in [9.17, 15) is 4.39 Å². The number of piperidine rings is 1. The molecule has 1 aromatic carbocycles. The van der Waals surface area contributed by atoms with Gasteiger partial charge in [0.05, 0.1) is 6.54 Å². The van der Waals surface area contributed by atoms with E-state index in [2.05, 4.69) is 16.7 Å². The van der Waals surface area contributed by atoms with Crippen molar-refractivity contribution in [3.05, 3.63) is 29.6 Å². The molecule has 2 N–H and O–H groups in total. The summed E-state index contributed by atoms with van der Waals surface area (Å²) in [6.07, 6.45) is 3.81. The van der Waals surface area contributed by atoms with Crippen LogP contribution < -0.4 is 10.5 Å². The second-order valence-corrected chi connectivity index (χ2v) is 4.90. The molecular formula is C16H21FN2O. The summed E-state index contributed by atoms with van der Waals surface area (Å²) in [5.74, 6) is 5.55. The van der Waals surface area contributed by atoms with Gasteiger partial charge in [0.15, 0.2) is 11.6 Å². The van der Waals surface area contributed by atoms with Gasteiger partial charge < -0.3 is 10.5 Å². The molecule has 1 aromatic rings. The zero-order valence-corrected chi connectivity index (χ0v) is 11.7. The molecule has 1 saturated heterocycles. The number of halogens is 1. The van der Waals surface area contributed by atoms with Gasteiger partial charge in [-0.15, -0.1) is 0 Å². The number of rotatable bonds is 4. The molecule has 0 aliphatic carbocycles. The highest BCUT2D eigenvalue weighted by molar-refractivity contribution is 5.40. The highest BCUT2D eigenvalue weighted by Gasteiger charge is 2.10. The van der Waals surface area contributed by atoms with Gasteiger partial charge in [-0.3, -0.25) is 4.90 Å². The summed E-state index contributed by atoms with van der Waals surface area (Å²) in [5, 5.41) is 0. The average molecular weight is 276 g/mol. The zero-order chi connectivity index (χ0) is 14.2. The lowest BCUT2D eigenvalue weighted by molar-refractivity contribution is 0.180. The molecule has 3 nitrogen and oxygen atoms in total. The summed E-state index contributed by atoms with van der Waals surface area (Å²) in [5.41, 5.74) is 6.05. The van der Waals surface area contributed by atoms with Crippen molar-refractivity contribution in [3.63, 3.8) is 0 Å². The lowest BCUT2D eigenvalue weighted by Crippen LogP contribution is -2.33. The monoisotopic (exact) mass is 276 g/mol. The van der Waals surface area contributed by atoms with E-state index in [1.54, 1.807) is 12.1 Å². The van der Waals surface area contributed by atoms with Crippen LogP contribution in [0.3, 0.4) is 0 Å². The van der Waals surface area contributed by atoms with E-state index in [1.807, 2.05) is 0 Å². The number of benzene rings is 1. The van der Waals surface area contributed by atoms with Gasteiger partial charge in [-0.1, -0.05) is 18.3 Å². The molecule has 0 spiro atoms. The predicted octanol–water partition coefficient (Wildman–Crippen LogP) is 2.00. The van der Waals surface area contributed by atoms with Gasteiger partial charge in [0.25, 0.3) is 0 Å². The molecule has 1 aliphatic heterocycles. The maximum atomic E-state index is 13.6. The first-order valence-corrected chi connectivity index (χ1v) is 7.13. The second kappa shape index (κ2) is 7.88. The smallest absolute Gasteiger partial charge is 0.165 e. The third kappa shape index (κ3) is 4.52. The van der Waals surface area contributed by atoms with Crippen molar-refractivity contribution in [1.82, 2.24) is 4.90 Å². The number of hydrogen-bond acceptors (Lipinski definition) is 3. The van der Waals surface area contributed by atoms with E-state index in [0.717, 1.165) is 25.2 Å². The third-order valence-corrected chi connectivity index (χ3v) is 3.38. The molecule has 0 radical (unpaired) electrons.